The fourth-order valence-corrected chi connectivity index (χ4v) is 1.94. The van der Waals surface area contributed by atoms with Crippen LogP contribution in [0.5, 0.6) is 5.75 Å². The topological polar surface area (TPSA) is 67.6 Å². The van der Waals surface area contributed by atoms with Crippen LogP contribution in [0, 0.1) is 5.92 Å². The molecule has 1 aromatic rings. The smallest absolute Gasteiger partial charge is 0.321 e. The summed E-state index contributed by atoms with van der Waals surface area (Å²) in [7, 11) is 1.59. The summed E-state index contributed by atoms with van der Waals surface area (Å²) in [5.74, 6) is 1.07. The van der Waals surface area contributed by atoms with E-state index >= 15 is 0 Å². The average molecular weight is 279 g/mol. The van der Waals surface area contributed by atoms with E-state index in [1.54, 1.807) is 12.0 Å². The lowest BCUT2D eigenvalue weighted by Crippen LogP contribution is -2.39. The van der Waals surface area contributed by atoms with Crippen molar-refractivity contribution in [2.45, 2.75) is 20.3 Å². The van der Waals surface area contributed by atoms with Crippen molar-refractivity contribution in [2.24, 2.45) is 11.7 Å². The van der Waals surface area contributed by atoms with Gasteiger partial charge in [0.05, 0.1) is 12.8 Å². The van der Waals surface area contributed by atoms with Gasteiger partial charge < -0.3 is 20.7 Å². The maximum Gasteiger partial charge on any atom is 0.321 e. The monoisotopic (exact) mass is 279 g/mol. The van der Waals surface area contributed by atoms with E-state index in [-0.39, 0.29) is 6.03 Å². The van der Waals surface area contributed by atoms with Crippen LogP contribution in [-0.4, -0.2) is 37.7 Å². The normalized spacial score (nSPS) is 10.4. The number of hydrogen-bond acceptors (Lipinski definition) is 3. The molecule has 0 radical (unpaired) electrons. The molecule has 0 spiro atoms. The van der Waals surface area contributed by atoms with Gasteiger partial charge in [0, 0.05) is 13.1 Å². The fourth-order valence-electron chi connectivity index (χ4n) is 1.94. The maximum atomic E-state index is 12.3. The molecular formula is C15H25N3O2. The van der Waals surface area contributed by atoms with Crippen molar-refractivity contribution in [1.82, 2.24) is 4.90 Å². The Hall–Kier alpha value is -1.75. The maximum absolute atomic E-state index is 12.3. The first-order valence-corrected chi connectivity index (χ1v) is 6.97. The first-order chi connectivity index (χ1) is 9.58. The second-order valence-electron chi connectivity index (χ2n) is 5.11. The number of methoxy groups -OCH3 is 1. The standard InChI is InChI=1S/C15H25N3O2/c1-12(2)11-18(10-6-9-16)15(19)17-13-7-4-5-8-14(13)20-3/h4-5,7-8,12H,6,9-11,16H2,1-3H3,(H,17,19). The Balaban J connectivity index is 2.73. The zero-order chi connectivity index (χ0) is 15.0. The number of urea groups is 1. The Bertz CT molecular complexity index is 421. The number of hydrogen-bond donors (Lipinski definition) is 2. The summed E-state index contributed by atoms with van der Waals surface area (Å²) in [6, 6.07) is 7.27. The lowest BCUT2D eigenvalue weighted by atomic mass is 10.2. The molecule has 0 aromatic heterocycles. The number of rotatable bonds is 7. The molecule has 0 aliphatic carbocycles. The van der Waals surface area contributed by atoms with E-state index in [0.717, 1.165) is 6.42 Å². The van der Waals surface area contributed by atoms with E-state index in [0.29, 0.717) is 37.0 Å². The van der Waals surface area contributed by atoms with Gasteiger partial charge >= 0.3 is 6.03 Å². The molecule has 3 N–H and O–H groups in total. The number of anilines is 1. The first-order valence-electron chi connectivity index (χ1n) is 6.97. The Kier molecular flexibility index (Phi) is 6.87. The zero-order valence-corrected chi connectivity index (χ0v) is 12.6. The summed E-state index contributed by atoms with van der Waals surface area (Å²) < 4.78 is 5.23. The number of nitrogens with zero attached hydrogens (tertiary/aromatic N) is 1. The van der Waals surface area contributed by atoms with E-state index in [9.17, 15) is 4.79 Å². The van der Waals surface area contributed by atoms with Crippen LogP contribution in [0.25, 0.3) is 0 Å². The van der Waals surface area contributed by atoms with Crippen molar-refractivity contribution in [3.8, 4) is 5.75 Å². The van der Waals surface area contributed by atoms with Crippen LogP contribution >= 0.6 is 0 Å². The van der Waals surface area contributed by atoms with Gasteiger partial charge in [0.15, 0.2) is 0 Å². The van der Waals surface area contributed by atoms with Gasteiger partial charge in [0.25, 0.3) is 0 Å². The fraction of sp³-hybridized carbons (Fsp3) is 0.533. The number of nitrogens with two attached hydrogens (primary N) is 1. The Morgan fingerprint density at radius 3 is 2.70 bits per heavy atom. The van der Waals surface area contributed by atoms with Gasteiger partial charge in [0.1, 0.15) is 5.75 Å². The Morgan fingerprint density at radius 1 is 1.40 bits per heavy atom. The average Bonchev–Trinajstić information content (AvgIpc) is 2.43. The number of benzene rings is 1. The third-order valence-electron chi connectivity index (χ3n) is 2.85. The minimum absolute atomic E-state index is 0.114. The van der Waals surface area contributed by atoms with Gasteiger partial charge in [-0.25, -0.2) is 4.79 Å². The molecule has 0 saturated carbocycles. The number of amides is 2. The molecule has 2 amide bonds. The van der Waals surface area contributed by atoms with E-state index in [1.807, 2.05) is 24.3 Å². The summed E-state index contributed by atoms with van der Waals surface area (Å²) in [5, 5.41) is 2.90. The van der Waals surface area contributed by atoms with Crippen molar-refractivity contribution in [3.05, 3.63) is 24.3 Å². The number of carbonyl (C=O) groups excluding carboxylic acids is 1. The van der Waals surface area contributed by atoms with Crippen LogP contribution in [0.3, 0.4) is 0 Å². The molecule has 0 unspecified atom stereocenters. The molecule has 0 aliphatic rings. The summed E-state index contributed by atoms with van der Waals surface area (Å²) in [4.78, 5) is 14.1. The summed E-state index contributed by atoms with van der Waals surface area (Å²) in [6.07, 6.45) is 0.798. The van der Waals surface area contributed by atoms with E-state index < -0.39 is 0 Å². The largest absolute Gasteiger partial charge is 0.495 e. The third kappa shape index (κ3) is 5.09. The predicted octanol–water partition coefficient (Wildman–Crippen LogP) is 2.53. The van der Waals surface area contributed by atoms with Crippen LogP contribution in [0.2, 0.25) is 0 Å². The number of para-hydroxylation sites is 2. The molecule has 1 rings (SSSR count). The van der Waals surface area contributed by atoms with Crippen molar-refractivity contribution >= 4 is 11.7 Å². The number of carbonyl (C=O) groups is 1. The molecule has 20 heavy (non-hydrogen) atoms. The minimum atomic E-state index is -0.114. The van der Waals surface area contributed by atoms with Gasteiger partial charge in [-0.3, -0.25) is 0 Å². The molecule has 0 heterocycles. The van der Waals surface area contributed by atoms with E-state index in [2.05, 4.69) is 19.2 Å². The van der Waals surface area contributed by atoms with Crippen LogP contribution in [-0.2, 0) is 0 Å². The van der Waals surface area contributed by atoms with Gasteiger partial charge in [-0.2, -0.15) is 0 Å². The highest BCUT2D eigenvalue weighted by Crippen LogP contribution is 2.23. The highest BCUT2D eigenvalue weighted by Gasteiger charge is 2.15. The van der Waals surface area contributed by atoms with Crippen molar-refractivity contribution in [2.75, 3.05) is 32.1 Å². The van der Waals surface area contributed by atoms with Crippen LogP contribution in [0.1, 0.15) is 20.3 Å². The zero-order valence-electron chi connectivity index (χ0n) is 12.6. The summed E-state index contributed by atoms with van der Waals surface area (Å²) in [6.45, 7) is 6.13. The molecule has 5 heteroatoms. The molecule has 5 nitrogen and oxygen atoms in total. The molecule has 1 aromatic carbocycles. The highest BCUT2D eigenvalue weighted by molar-refractivity contribution is 5.91. The molecule has 0 atom stereocenters. The van der Waals surface area contributed by atoms with Crippen molar-refractivity contribution in [1.29, 1.82) is 0 Å². The SMILES string of the molecule is COc1ccccc1NC(=O)N(CCCN)CC(C)C. The first kappa shape index (κ1) is 16.3. The van der Waals surface area contributed by atoms with Gasteiger partial charge in [-0.05, 0) is 31.0 Å². The predicted molar refractivity (Wildman–Crippen MR) is 82.1 cm³/mol. The Labute approximate surface area is 121 Å². The van der Waals surface area contributed by atoms with Crippen LogP contribution < -0.4 is 15.8 Å². The second-order valence-corrected chi connectivity index (χ2v) is 5.11. The minimum Gasteiger partial charge on any atom is -0.495 e. The Morgan fingerprint density at radius 2 is 2.10 bits per heavy atom. The number of nitrogens with one attached hydrogen (secondary N) is 1. The number of ether oxygens (including phenoxy) is 1. The molecule has 112 valence electrons. The summed E-state index contributed by atoms with van der Waals surface area (Å²) in [5.41, 5.74) is 6.21. The molecule has 0 saturated heterocycles. The molecular weight excluding hydrogens is 254 g/mol. The van der Waals surface area contributed by atoms with E-state index in [4.69, 9.17) is 10.5 Å². The lowest BCUT2D eigenvalue weighted by molar-refractivity contribution is 0.204. The second kappa shape index (κ2) is 8.43. The molecule has 0 aliphatic heterocycles. The van der Waals surface area contributed by atoms with Crippen molar-refractivity contribution < 1.29 is 9.53 Å². The highest BCUT2D eigenvalue weighted by atomic mass is 16.5. The van der Waals surface area contributed by atoms with Gasteiger partial charge in [-0.1, -0.05) is 26.0 Å². The van der Waals surface area contributed by atoms with E-state index in [1.165, 1.54) is 0 Å². The van der Waals surface area contributed by atoms with Crippen LogP contribution in [0.4, 0.5) is 10.5 Å². The van der Waals surface area contributed by atoms with Gasteiger partial charge in [-0.15, -0.1) is 0 Å². The molecule has 0 fully saturated rings. The lowest BCUT2D eigenvalue weighted by Gasteiger charge is -2.25. The summed E-state index contributed by atoms with van der Waals surface area (Å²) >= 11 is 0. The third-order valence-corrected chi connectivity index (χ3v) is 2.85. The quantitative estimate of drug-likeness (QED) is 0.806. The van der Waals surface area contributed by atoms with Crippen LogP contribution in [0.15, 0.2) is 24.3 Å². The molecule has 0 bridgehead atoms. The van der Waals surface area contributed by atoms with Gasteiger partial charge in [0.2, 0.25) is 0 Å². The van der Waals surface area contributed by atoms with Crippen molar-refractivity contribution in [3.63, 3.8) is 0 Å².